The number of nitrogens with two attached hydrogens (primary N) is 1. The Morgan fingerprint density at radius 3 is 2.54 bits per heavy atom. The molecule has 1 aliphatic rings. The van der Waals surface area contributed by atoms with Gasteiger partial charge in [0.2, 0.25) is 5.91 Å². The highest BCUT2D eigenvalue weighted by atomic mass is 16.3. The molecule has 1 atom stereocenters. The fraction of sp³-hybridized carbons (Fsp3) is 0.889. The normalized spacial score (nSPS) is 22.3. The van der Waals surface area contributed by atoms with Gasteiger partial charge in [0.05, 0.1) is 24.7 Å². The molecule has 0 saturated carbocycles. The molecule has 0 aromatic carbocycles. The average molecular weight is 186 g/mol. The number of amides is 1. The van der Waals surface area contributed by atoms with Crippen molar-refractivity contribution in [2.75, 3.05) is 13.1 Å². The lowest BCUT2D eigenvalue weighted by atomic mass is 9.90. The fourth-order valence-corrected chi connectivity index (χ4v) is 1.45. The summed E-state index contributed by atoms with van der Waals surface area (Å²) in [7, 11) is 0. The molecule has 1 rings (SSSR count). The molecule has 1 amide bonds. The fourth-order valence-electron chi connectivity index (χ4n) is 1.45. The van der Waals surface area contributed by atoms with Gasteiger partial charge in [-0.3, -0.25) is 4.79 Å². The summed E-state index contributed by atoms with van der Waals surface area (Å²) in [4.78, 5) is 13.1. The lowest BCUT2D eigenvalue weighted by molar-refractivity contribution is -0.157. The second kappa shape index (κ2) is 3.64. The molecule has 13 heavy (non-hydrogen) atoms. The van der Waals surface area contributed by atoms with E-state index in [0.717, 1.165) is 0 Å². The maximum atomic E-state index is 11.4. The van der Waals surface area contributed by atoms with Crippen LogP contribution in [0.3, 0.4) is 0 Å². The van der Waals surface area contributed by atoms with Gasteiger partial charge in [0, 0.05) is 0 Å². The van der Waals surface area contributed by atoms with Gasteiger partial charge in [-0.05, 0) is 12.8 Å². The van der Waals surface area contributed by atoms with Gasteiger partial charge in [0.15, 0.2) is 0 Å². The van der Waals surface area contributed by atoms with Crippen LogP contribution in [0, 0.1) is 0 Å². The molecule has 0 spiro atoms. The zero-order valence-electron chi connectivity index (χ0n) is 8.29. The van der Waals surface area contributed by atoms with E-state index in [9.17, 15) is 9.90 Å². The number of carbonyl (C=O) groups is 1. The molecule has 0 bridgehead atoms. The van der Waals surface area contributed by atoms with Crippen molar-refractivity contribution in [2.45, 2.75) is 38.3 Å². The Kier molecular flexibility index (Phi) is 2.93. The van der Waals surface area contributed by atoms with E-state index in [2.05, 4.69) is 0 Å². The van der Waals surface area contributed by atoms with Gasteiger partial charge < -0.3 is 15.7 Å². The van der Waals surface area contributed by atoms with Gasteiger partial charge in [-0.2, -0.15) is 0 Å². The molecule has 3 N–H and O–H groups in total. The van der Waals surface area contributed by atoms with Crippen LogP contribution >= 0.6 is 0 Å². The molecule has 1 aliphatic heterocycles. The zero-order chi connectivity index (χ0) is 10.1. The van der Waals surface area contributed by atoms with E-state index in [0.29, 0.717) is 25.9 Å². The number of hydrogen-bond acceptors (Lipinski definition) is 3. The highest BCUT2D eigenvalue weighted by Gasteiger charge is 2.42. The van der Waals surface area contributed by atoms with Crippen molar-refractivity contribution >= 4 is 5.91 Å². The standard InChI is InChI=1S/C9H18N2O2/c1-3-7(10)8(12)11-5-9(13,4-2)6-11/h7,13H,3-6,10H2,1-2H3/t7-/m0/s1. The van der Waals surface area contributed by atoms with Gasteiger partial charge in [0.25, 0.3) is 0 Å². The highest BCUT2D eigenvalue weighted by Crippen LogP contribution is 2.24. The topological polar surface area (TPSA) is 66.6 Å². The van der Waals surface area contributed by atoms with Crippen LogP contribution in [0.15, 0.2) is 0 Å². The third-order valence-corrected chi connectivity index (χ3v) is 2.70. The molecule has 4 nitrogen and oxygen atoms in total. The molecule has 0 aromatic heterocycles. The maximum absolute atomic E-state index is 11.4. The summed E-state index contributed by atoms with van der Waals surface area (Å²) in [6.07, 6.45) is 1.35. The quantitative estimate of drug-likeness (QED) is 0.636. The van der Waals surface area contributed by atoms with E-state index in [1.54, 1.807) is 4.90 Å². The lowest BCUT2D eigenvalue weighted by Gasteiger charge is -2.46. The summed E-state index contributed by atoms with van der Waals surface area (Å²) in [5.74, 6) is -0.0411. The van der Waals surface area contributed by atoms with Crippen LogP contribution in [0.2, 0.25) is 0 Å². The van der Waals surface area contributed by atoms with E-state index in [1.807, 2.05) is 13.8 Å². The van der Waals surface area contributed by atoms with Crippen LogP contribution < -0.4 is 5.73 Å². The number of β-amino-alcohol motifs (C(OH)–C–C–N with tert-alkyl or cyclic N) is 1. The van der Waals surface area contributed by atoms with E-state index in [1.165, 1.54) is 0 Å². The van der Waals surface area contributed by atoms with Crippen molar-refractivity contribution in [1.82, 2.24) is 4.90 Å². The summed E-state index contributed by atoms with van der Waals surface area (Å²) >= 11 is 0. The van der Waals surface area contributed by atoms with Gasteiger partial charge in [0.1, 0.15) is 0 Å². The summed E-state index contributed by atoms with van der Waals surface area (Å²) in [6.45, 7) is 4.68. The van der Waals surface area contributed by atoms with Crippen LogP contribution in [0.1, 0.15) is 26.7 Å². The Hall–Kier alpha value is -0.610. The minimum Gasteiger partial charge on any atom is -0.386 e. The molecule has 0 aliphatic carbocycles. The number of rotatable bonds is 3. The first-order valence-electron chi connectivity index (χ1n) is 4.79. The highest BCUT2D eigenvalue weighted by molar-refractivity contribution is 5.82. The number of nitrogens with zero attached hydrogens (tertiary/aromatic N) is 1. The molecule has 1 saturated heterocycles. The Labute approximate surface area is 78.7 Å². The molecular weight excluding hydrogens is 168 g/mol. The van der Waals surface area contributed by atoms with E-state index in [-0.39, 0.29) is 5.91 Å². The van der Waals surface area contributed by atoms with E-state index < -0.39 is 11.6 Å². The number of carbonyl (C=O) groups excluding carboxylic acids is 1. The Morgan fingerprint density at radius 1 is 1.62 bits per heavy atom. The summed E-state index contributed by atoms with van der Waals surface area (Å²) < 4.78 is 0. The van der Waals surface area contributed by atoms with Crippen LogP contribution in [0.25, 0.3) is 0 Å². The molecule has 1 heterocycles. The average Bonchev–Trinajstić information content (AvgIpc) is 2.10. The van der Waals surface area contributed by atoms with Crippen LogP contribution in [0.5, 0.6) is 0 Å². The molecule has 4 heteroatoms. The third kappa shape index (κ3) is 2.00. The summed E-state index contributed by atoms with van der Waals surface area (Å²) in [5.41, 5.74) is 4.93. The van der Waals surface area contributed by atoms with Crippen molar-refractivity contribution < 1.29 is 9.90 Å². The smallest absolute Gasteiger partial charge is 0.239 e. The minimum atomic E-state index is -0.650. The van der Waals surface area contributed by atoms with Gasteiger partial charge in [-0.25, -0.2) is 0 Å². The lowest BCUT2D eigenvalue weighted by Crippen LogP contribution is -2.65. The first kappa shape index (κ1) is 10.5. The van der Waals surface area contributed by atoms with Gasteiger partial charge in [-0.15, -0.1) is 0 Å². The Bertz CT molecular complexity index is 200. The van der Waals surface area contributed by atoms with Gasteiger partial charge in [-0.1, -0.05) is 13.8 Å². The Morgan fingerprint density at radius 2 is 2.15 bits per heavy atom. The second-order valence-electron chi connectivity index (χ2n) is 3.79. The molecule has 0 radical (unpaired) electrons. The monoisotopic (exact) mass is 186 g/mol. The van der Waals surface area contributed by atoms with Crippen molar-refractivity contribution in [3.05, 3.63) is 0 Å². The zero-order valence-corrected chi connectivity index (χ0v) is 8.29. The van der Waals surface area contributed by atoms with Crippen molar-refractivity contribution in [3.63, 3.8) is 0 Å². The first-order chi connectivity index (χ1) is 6.02. The number of hydrogen-bond donors (Lipinski definition) is 2. The van der Waals surface area contributed by atoms with Crippen LogP contribution in [0.4, 0.5) is 0 Å². The van der Waals surface area contributed by atoms with Crippen molar-refractivity contribution in [1.29, 1.82) is 0 Å². The molecular formula is C9H18N2O2. The van der Waals surface area contributed by atoms with Crippen LogP contribution in [-0.4, -0.2) is 40.6 Å². The van der Waals surface area contributed by atoms with Crippen molar-refractivity contribution in [2.24, 2.45) is 5.73 Å². The first-order valence-corrected chi connectivity index (χ1v) is 4.79. The van der Waals surface area contributed by atoms with Crippen LogP contribution in [-0.2, 0) is 4.79 Å². The van der Waals surface area contributed by atoms with E-state index >= 15 is 0 Å². The summed E-state index contributed by atoms with van der Waals surface area (Å²) in [6, 6.07) is -0.401. The maximum Gasteiger partial charge on any atom is 0.239 e. The SMILES string of the molecule is CC[C@H](N)C(=O)N1CC(O)(CC)C1. The Balaban J connectivity index is 2.39. The van der Waals surface area contributed by atoms with E-state index in [4.69, 9.17) is 5.73 Å². The number of aliphatic hydroxyl groups is 1. The molecule has 1 fully saturated rings. The molecule has 0 unspecified atom stereocenters. The second-order valence-corrected chi connectivity index (χ2v) is 3.79. The molecule has 0 aromatic rings. The largest absolute Gasteiger partial charge is 0.386 e. The summed E-state index contributed by atoms with van der Waals surface area (Å²) in [5, 5.41) is 9.66. The number of likely N-dealkylation sites (tertiary alicyclic amines) is 1. The van der Waals surface area contributed by atoms with Gasteiger partial charge >= 0.3 is 0 Å². The minimum absolute atomic E-state index is 0.0411. The molecule has 76 valence electrons. The predicted molar refractivity (Wildman–Crippen MR) is 50.1 cm³/mol. The predicted octanol–water partition coefficient (Wildman–Crippen LogP) is -0.293. The third-order valence-electron chi connectivity index (χ3n) is 2.70. The van der Waals surface area contributed by atoms with Crippen molar-refractivity contribution in [3.8, 4) is 0 Å².